The summed E-state index contributed by atoms with van der Waals surface area (Å²) in [5.41, 5.74) is 2.48. The smallest absolute Gasteiger partial charge is 0.243 e. The first kappa shape index (κ1) is 14.4. The van der Waals surface area contributed by atoms with Crippen molar-refractivity contribution < 1.29 is 4.79 Å². The fourth-order valence-corrected chi connectivity index (χ4v) is 4.26. The van der Waals surface area contributed by atoms with Gasteiger partial charge in [0.25, 0.3) is 0 Å². The van der Waals surface area contributed by atoms with E-state index < -0.39 is 0 Å². The van der Waals surface area contributed by atoms with Crippen LogP contribution in [0.3, 0.4) is 0 Å². The largest absolute Gasteiger partial charge is 0.349 e. The monoisotopic (exact) mass is 317 g/mol. The number of hydrogen-bond acceptors (Lipinski definition) is 2. The van der Waals surface area contributed by atoms with Gasteiger partial charge in [0.1, 0.15) is 0 Å². The average Bonchev–Trinajstić information content (AvgIpc) is 2.95. The molecule has 2 nitrogen and oxygen atoms in total. The molecule has 1 heterocycles. The van der Waals surface area contributed by atoms with E-state index in [9.17, 15) is 4.79 Å². The normalized spacial score (nSPS) is 20.6. The van der Waals surface area contributed by atoms with E-state index in [1.54, 1.807) is 11.3 Å². The van der Waals surface area contributed by atoms with Crippen LogP contribution in [-0.4, -0.2) is 11.9 Å². The second-order valence-corrected chi connectivity index (χ2v) is 6.63. The number of benzene rings is 1. The van der Waals surface area contributed by atoms with Gasteiger partial charge in [-0.25, -0.2) is 0 Å². The summed E-state index contributed by atoms with van der Waals surface area (Å²) in [5.74, 6) is 0.127. The summed E-state index contributed by atoms with van der Waals surface area (Å²) >= 11 is 8.12. The van der Waals surface area contributed by atoms with Crippen molar-refractivity contribution in [2.24, 2.45) is 0 Å². The Morgan fingerprint density at radius 3 is 2.90 bits per heavy atom. The number of carbonyl (C=O) groups is 1. The van der Waals surface area contributed by atoms with Gasteiger partial charge < -0.3 is 5.32 Å². The average molecular weight is 318 g/mol. The summed E-state index contributed by atoms with van der Waals surface area (Å²) in [6.07, 6.45) is 3.08. The molecule has 0 aliphatic heterocycles. The van der Waals surface area contributed by atoms with Gasteiger partial charge in [-0.1, -0.05) is 36.4 Å². The lowest BCUT2D eigenvalue weighted by Gasteiger charge is -2.30. The van der Waals surface area contributed by atoms with Crippen molar-refractivity contribution in [3.63, 3.8) is 0 Å². The first-order valence-corrected chi connectivity index (χ1v) is 8.18. The van der Waals surface area contributed by atoms with Crippen molar-refractivity contribution in [2.75, 3.05) is 0 Å². The highest BCUT2D eigenvalue weighted by molar-refractivity contribution is 7.10. The molecule has 3 rings (SSSR count). The molecule has 2 atom stereocenters. The molecule has 0 saturated heterocycles. The summed E-state index contributed by atoms with van der Waals surface area (Å²) in [5, 5.41) is 5.93. The van der Waals surface area contributed by atoms with Crippen molar-refractivity contribution in [1.82, 2.24) is 5.32 Å². The van der Waals surface area contributed by atoms with Crippen LogP contribution in [0.5, 0.6) is 0 Å². The predicted molar refractivity (Wildman–Crippen MR) is 88.1 cm³/mol. The van der Waals surface area contributed by atoms with E-state index in [1.165, 1.54) is 16.5 Å². The molecule has 1 aromatic heterocycles. The van der Waals surface area contributed by atoms with Crippen LogP contribution in [0.15, 0.2) is 48.4 Å². The molecule has 1 amide bonds. The third kappa shape index (κ3) is 2.89. The minimum Gasteiger partial charge on any atom is -0.349 e. The lowest BCUT2D eigenvalue weighted by Crippen LogP contribution is -2.38. The molecule has 0 unspecified atom stereocenters. The maximum atomic E-state index is 11.6. The number of nitrogens with one attached hydrogen (secondary N) is 1. The van der Waals surface area contributed by atoms with Crippen LogP contribution in [0.2, 0.25) is 5.02 Å². The fourth-order valence-electron chi connectivity index (χ4n) is 2.97. The van der Waals surface area contributed by atoms with Crippen LogP contribution < -0.4 is 5.32 Å². The number of rotatable bonds is 3. The Morgan fingerprint density at radius 1 is 1.33 bits per heavy atom. The lowest BCUT2D eigenvalue weighted by molar-refractivity contribution is -0.117. The van der Waals surface area contributed by atoms with Crippen LogP contribution in [-0.2, 0) is 11.2 Å². The molecular formula is C17H16ClNOS. The molecule has 1 aliphatic carbocycles. The van der Waals surface area contributed by atoms with Gasteiger partial charge in [0.2, 0.25) is 5.91 Å². The van der Waals surface area contributed by atoms with Gasteiger partial charge >= 0.3 is 0 Å². The first-order valence-electron chi connectivity index (χ1n) is 6.92. The third-order valence-corrected chi connectivity index (χ3v) is 5.22. The van der Waals surface area contributed by atoms with E-state index >= 15 is 0 Å². The molecule has 0 fully saturated rings. The van der Waals surface area contributed by atoms with Crippen LogP contribution in [0, 0.1) is 0 Å². The van der Waals surface area contributed by atoms with Crippen molar-refractivity contribution in [2.45, 2.75) is 24.8 Å². The highest BCUT2D eigenvalue weighted by atomic mass is 35.5. The fraction of sp³-hybridized carbons (Fsp3) is 0.235. The Labute approximate surface area is 133 Å². The van der Waals surface area contributed by atoms with Crippen molar-refractivity contribution >= 4 is 28.8 Å². The Balaban J connectivity index is 1.95. The Bertz CT molecular complexity index is 679. The maximum Gasteiger partial charge on any atom is 0.243 e. The summed E-state index contributed by atoms with van der Waals surface area (Å²) in [6.45, 7) is 3.52. The molecule has 1 N–H and O–H groups in total. The van der Waals surface area contributed by atoms with Gasteiger partial charge in [-0.15, -0.1) is 11.3 Å². The minimum absolute atomic E-state index is 0.113. The zero-order valence-corrected chi connectivity index (χ0v) is 13.1. The molecule has 0 radical (unpaired) electrons. The molecule has 2 aromatic rings. The van der Waals surface area contributed by atoms with E-state index in [0.29, 0.717) is 0 Å². The van der Waals surface area contributed by atoms with Gasteiger partial charge in [-0.05, 0) is 41.1 Å². The number of carbonyl (C=O) groups excluding carboxylic acids is 1. The summed E-state index contributed by atoms with van der Waals surface area (Å²) in [4.78, 5) is 12.9. The summed E-state index contributed by atoms with van der Waals surface area (Å²) in [6, 6.07) is 10.3. The Morgan fingerprint density at radius 2 is 2.14 bits per heavy atom. The quantitative estimate of drug-likeness (QED) is 0.847. The molecular weight excluding hydrogens is 302 g/mol. The minimum atomic E-state index is -0.113. The van der Waals surface area contributed by atoms with E-state index in [2.05, 4.69) is 29.4 Å². The molecule has 21 heavy (non-hydrogen) atoms. The zero-order chi connectivity index (χ0) is 14.8. The van der Waals surface area contributed by atoms with Gasteiger partial charge in [0.15, 0.2) is 0 Å². The second-order valence-electron chi connectivity index (χ2n) is 5.22. The Hall–Kier alpha value is -1.58. The molecule has 0 spiro atoms. The number of fused-ring (bicyclic) bond motifs is 1. The second kappa shape index (κ2) is 6.04. The van der Waals surface area contributed by atoms with Gasteiger partial charge in [-0.3, -0.25) is 4.79 Å². The van der Waals surface area contributed by atoms with Crippen molar-refractivity contribution in [1.29, 1.82) is 0 Å². The maximum absolute atomic E-state index is 11.6. The van der Waals surface area contributed by atoms with Gasteiger partial charge in [0.05, 0.1) is 0 Å². The van der Waals surface area contributed by atoms with E-state index in [0.717, 1.165) is 23.4 Å². The van der Waals surface area contributed by atoms with Crippen LogP contribution in [0.4, 0.5) is 0 Å². The zero-order valence-electron chi connectivity index (χ0n) is 11.5. The molecule has 108 valence electrons. The lowest BCUT2D eigenvalue weighted by atomic mass is 9.80. The SMILES string of the molecule is C=CC(=O)N[C@@H]1Cc2sccc2[C@@H](c2ccccc2Cl)C1. The van der Waals surface area contributed by atoms with Gasteiger partial charge in [0, 0.05) is 28.3 Å². The van der Waals surface area contributed by atoms with Crippen molar-refractivity contribution in [3.05, 3.63) is 69.4 Å². The number of hydrogen-bond donors (Lipinski definition) is 1. The number of amides is 1. The van der Waals surface area contributed by atoms with E-state index in [-0.39, 0.29) is 17.9 Å². The standard InChI is InChI=1S/C17H16ClNOS/c1-2-17(20)19-11-9-14(12-5-3-4-6-15(12)18)13-7-8-21-16(13)10-11/h2-8,11,14H,1,9-10H2,(H,19,20)/t11-,14+/m0/s1. The van der Waals surface area contributed by atoms with Crippen LogP contribution in [0.1, 0.15) is 28.3 Å². The van der Waals surface area contributed by atoms with Crippen LogP contribution >= 0.6 is 22.9 Å². The highest BCUT2D eigenvalue weighted by Crippen LogP contribution is 2.41. The van der Waals surface area contributed by atoms with Gasteiger partial charge in [-0.2, -0.15) is 0 Å². The molecule has 1 aliphatic rings. The predicted octanol–water partition coefficient (Wildman–Crippen LogP) is 4.15. The molecule has 0 bridgehead atoms. The topological polar surface area (TPSA) is 29.1 Å². The molecule has 1 aromatic carbocycles. The summed E-state index contributed by atoms with van der Waals surface area (Å²) < 4.78 is 0. The van der Waals surface area contributed by atoms with E-state index in [4.69, 9.17) is 11.6 Å². The highest BCUT2D eigenvalue weighted by Gasteiger charge is 2.30. The number of halogens is 1. The van der Waals surface area contributed by atoms with E-state index in [1.807, 2.05) is 18.2 Å². The molecule has 0 saturated carbocycles. The number of thiophene rings is 1. The van der Waals surface area contributed by atoms with Crippen LogP contribution in [0.25, 0.3) is 0 Å². The van der Waals surface area contributed by atoms with Crippen molar-refractivity contribution in [3.8, 4) is 0 Å². The summed E-state index contributed by atoms with van der Waals surface area (Å²) in [7, 11) is 0. The third-order valence-electron chi connectivity index (χ3n) is 3.92. The first-order chi connectivity index (χ1) is 10.2. The Kier molecular flexibility index (Phi) is 4.13. The molecule has 4 heteroatoms.